The molecule has 0 aromatic carbocycles. The maximum absolute atomic E-state index is 10.5. The topological polar surface area (TPSA) is 26.3 Å². The third-order valence-electron chi connectivity index (χ3n) is 0.616. The lowest BCUT2D eigenvalue weighted by atomic mass is 10.8. The number of hydrogen-bond donors (Lipinski definition) is 0. The molecule has 0 radical (unpaired) electrons. The van der Waals surface area contributed by atoms with Crippen molar-refractivity contribution < 1.29 is 9.09 Å². The van der Waals surface area contributed by atoms with Gasteiger partial charge in [-0.05, 0) is 6.92 Å². The zero-order valence-corrected chi connectivity index (χ0v) is 6.02. The van der Waals surface area contributed by atoms with Crippen LogP contribution in [0.3, 0.4) is 0 Å². The van der Waals surface area contributed by atoms with Crippen LogP contribution in [0.5, 0.6) is 0 Å². The van der Waals surface area contributed by atoms with E-state index in [4.69, 9.17) is 4.52 Å². The minimum Gasteiger partial charge on any atom is -0.331 e. The Kier molecular flexibility index (Phi) is 5.03. The molecular weight excluding hydrogens is 123 g/mol. The highest BCUT2D eigenvalue weighted by atomic mass is 31.1. The van der Waals surface area contributed by atoms with E-state index in [0.29, 0.717) is 12.8 Å². The van der Waals surface area contributed by atoms with Crippen LogP contribution in [0.2, 0.25) is 0 Å². The van der Waals surface area contributed by atoms with Crippen LogP contribution in [-0.2, 0) is 9.09 Å². The standard InChI is InChI=1S/C5H11O2P/c1-3-5-8(6)7-4-2/h3,8H,1,4-5H2,2H3. The van der Waals surface area contributed by atoms with Gasteiger partial charge < -0.3 is 4.52 Å². The molecule has 0 rings (SSSR count). The van der Waals surface area contributed by atoms with E-state index < -0.39 is 8.03 Å². The second-order valence-electron chi connectivity index (χ2n) is 1.30. The van der Waals surface area contributed by atoms with Gasteiger partial charge in [-0.15, -0.1) is 6.58 Å². The highest BCUT2D eigenvalue weighted by Crippen LogP contribution is 2.20. The first kappa shape index (κ1) is 7.93. The van der Waals surface area contributed by atoms with Gasteiger partial charge in [0.1, 0.15) is 0 Å². The molecule has 0 heterocycles. The van der Waals surface area contributed by atoms with Crippen LogP contribution in [0.15, 0.2) is 12.7 Å². The normalized spacial score (nSPS) is 13.1. The summed E-state index contributed by atoms with van der Waals surface area (Å²) in [5, 5.41) is 0. The Hall–Kier alpha value is -0.0700. The van der Waals surface area contributed by atoms with Crippen molar-refractivity contribution in [1.82, 2.24) is 0 Å². The van der Waals surface area contributed by atoms with Gasteiger partial charge in [0, 0.05) is 6.16 Å². The molecule has 8 heavy (non-hydrogen) atoms. The molecule has 3 heteroatoms. The van der Waals surface area contributed by atoms with Gasteiger partial charge in [0.05, 0.1) is 6.61 Å². The zero-order chi connectivity index (χ0) is 6.41. The molecule has 0 N–H and O–H groups in total. The molecule has 0 saturated carbocycles. The van der Waals surface area contributed by atoms with Crippen LogP contribution >= 0.6 is 8.03 Å². The van der Waals surface area contributed by atoms with E-state index in [2.05, 4.69) is 6.58 Å². The first-order valence-corrected chi connectivity index (χ1v) is 4.10. The fraction of sp³-hybridized carbons (Fsp3) is 0.600. The third kappa shape index (κ3) is 4.10. The maximum atomic E-state index is 10.5. The van der Waals surface area contributed by atoms with Crippen LogP contribution in [-0.4, -0.2) is 12.8 Å². The van der Waals surface area contributed by atoms with Crippen LogP contribution in [0, 0.1) is 0 Å². The molecule has 0 saturated heterocycles. The van der Waals surface area contributed by atoms with E-state index in [1.807, 2.05) is 6.92 Å². The monoisotopic (exact) mass is 134 g/mol. The first-order valence-electron chi connectivity index (χ1n) is 2.57. The van der Waals surface area contributed by atoms with Crippen molar-refractivity contribution >= 4 is 8.03 Å². The minimum atomic E-state index is -1.76. The molecule has 48 valence electrons. The summed E-state index contributed by atoms with van der Waals surface area (Å²) in [5.41, 5.74) is 0. The van der Waals surface area contributed by atoms with Gasteiger partial charge in [0.2, 0.25) is 0 Å². The van der Waals surface area contributed by atoms with E-state index in [0.717, 1.165) is 0 Å². The van der Waals surface area contributed by atoms with Gasteiger partial charge in [0.25, 0.3) is 0 Å². The second kappa shape index (κ2) is 5.07. The number of hydrogen-bond acceptors (Lipinski definition) is 2. The predicted octanol–water partition coefficient (Wildman–Crippen LogP) is 1.68. The SMILES string of the molecule is C=CC[PH](=O)OCC. The van der Waals surface area contributed by atoms with E-state index in [9.17, 15) is 4.57 Å². The summed E-state index contributed by atoms with van der Waals surface area (Å²) >= 11 is 0. The van der Waals surface area contributed by atoms with E-state index in [-0.39, 0.29) is 0 Å². The first-order chi connectivity index (χ1) is 3.81. The summed E-state index contributed by atoms with van der Waals surface area (Å²) < 4.78 is 15.3. The molecule has 0 spiro atoms. The smallest absolute Gasteiger partial charge is 0.195 e. The Bertz CT molecular complexity index is 90.4. The third-order valence-corrected chi connectivity index (χ3v) is 1.85. The number of allylic oxidation sites excluding steroid dienone is 1. The van der Waals surface area contributed by atoms with Gasteiger partial charge in [-0.3, -0.25) is 4.57 Å². The summed E-state index contributed by atoms with van der Waals surface area (Å²) in [6.07, 6.45) is 2.11. The summed E-state index contributed by atoms with van der Waals surface area (Å²) in [5.74, 6) is 0. The molecule has 0 fully saturated rings. The van der Waals surface area contributed by atoms with Crippen molar-refractivity contribution in [2.75, 3.05) is 12.8 Å². The van der Waals surface area contributed by atoms with Crippen LogP contribution < -0.4 is 0 Å². The van der Waals surface area contributed by atoms with Crippen molar-refractivity contribution in [2.24, 2.45) is 0 Å². The van der Waals surface area contributed by atoms with Gasteiger partial charge in [-0.2, -0.15) is 0 Å². The van der Waals surface area contributed by atoms with Crippen LogP contribution in [0.1, 0.15) is 6.92 Å². The summed E-state index contributed by atoms with van der Waals surface area (Å²) in [6, 6.07) is 0. The predicted molar refractivity (Wildman–Crippen MR) is 35.7 cm³/mol. The molecule has 0 amide bonds. The van der Waals surface area contributed by atoms with Crippen LogP contribution in [0.25, 0.3) is 0 Å². The highest BCUT2D eigenvalue weighted by molar-refractivity contribution is 7.39. The minimum absolute atomic E-state index is 0.499. The quantitative estimate of drug-likeness (QED) is 0.432. The Balaban J connectivity index is 3.18. The van der Waals surface area contributed by atoms with E-state index in [1.54, 1.807) is 6.08 Å². The number of rotatable bonds is 4. The Morgan fingerprint density at radius 1 is 1.88 bits per heavy atom. The van der Waals surface area contributed by atoms with Crippen LogP contribution in [0.4, 0.5) is 0 Å². The largest absolute Gasteiger partial charge is 0.331 e. The molecule has 0 aromatic heterocycles. The zero-order valence-electron chi connectivity index (χ0n) is 5.02. The van der Waals surface area contributed by atoms with Crippen molar-refractivity contribution in [3.8, 4) is 0 Å². The summed E-state index contributed by atoms with van der Waals surface area (Å²) in [6.45, 7) is 5.79. The fourth-order valence-corrected chi connectivity index (χ4v) is 1.01. The van der Waals surface area contributed by atoms with Gasteiger partial charge in [-0.1, -0.05) is 6.08 Å². The molecule has 0 aliphatic rings. The summed E-state index contributed by atoms with van der Waals surface area (Å²) in [4.78, 5) is 0. The van der Waals surface area contributed by atoms with Gasteiger partial charge >= 0.3 is 0 Å². The van der Waals surface area contributed by atoms with Gasteiger partial charge in [-0.25, -0.2) is 0 Å². The van der Waals surface area contributed by atoms with Crippen molar-refractivity contribution in [3.05, 3.63) is 12.7 Å². The molecule has 1 unspecified atom stereocenters. The average molecular weight is 134 g/mol. The molecule has 1 atom stereocenters. The van der Waals surface area contributed by atoms with Crippen molar-refractivity contribution in [1.29, 1.82) is 0 Å². The van der Waals surface area contributed by atoms with Crippen molar-refractivity contribution in [3.63, 3.8) is 0 Å². The second-order valence-corrected chi connectivity index (χ2v) is 2.74. The molecule has 2 nitrogen and oxygen atoms in total. The van der Waals surface area contributed by atoms with Crippen molar-refractivity contribution in [2.45, 2.75) is 6.92 Å². The lowest BCUT2D eigenvalue weighted by molar-refractivity contribution is 0.352. The maximum Gasteiger partial charge on any atom is 0.195 e. The Morgan fingerprint density at radius 2 is 2.50 bits per heavy atom. The molecule has 0 aromatic rings. The lowest BCUT2D eigenvalue weighted by Crippen LogP contribution is -1.78. The lowest BCUT2D eigenvalue weighted by Gasteiger charge is -1.94. The average Bonchev–Trinajstić information content (AvgIpc) is 1.68. The molecule has 0 bridgehead atoms. The highest BCUT2D eigenvalue weighted by Gasteiger charge is 1.90. The molecular formula is C5H11O2P. The fourth-order valence-electron chi connectivity index (χ4n) is 0.338. The Morgan fingerprint density at radius 3 is 2.88 bits per heavy atom. The molecule has 0 aliphatic heterocycles. The van der Waals surface area contributed by atoms with E-state index in [1.165, 1.54) is 0 Å². The van der Waals surface area contributed by atoms with E-state index >= 15 is 0 Å². The summed E-state index contributed by atoms with van der Waals surface area (Å²) in [7, 11) is -1.76. The Labute approximate surface area is 50.4 Å². The van der Waals surface area contributed by atoms with Gasteiger partial charge in [0.15, 0.2) is 8.03 Å². The molecule has 0 aliphatic carbocycles.